The molecule has 0 saturated heterocycles. The molecular formula is C20H20FN7O2. The molecule has 0 spiro atoms. The SMILES string of the molecule is CN1C(=O)[C@@H](NC(=O)c2nc3n(n2)[C@H](c2ccccc2F)CC3)CCn2nccc21. The van der Waals surface area contributed by atoms with Crippen molar-refractivity contribution in [2.24, 2.45) is 0 Å². The Morgan fingerprint density at radius 3 is 2.90 bits per heavy atom. The standard InChI is InChI=1S/C20H20FN7O2/c1-26-17-8-10-22-27(17)11-9-14(20(26)30)23-19(29)18-24-16-7-6-15(28(16)25-18)12-4-2-3-5-13(12)21/h2-5,8,10,14-15H,6-7,9,11H2,1H3,(H,23,29)/t14-,15-/m0/s1. The summed E-state index contributed by atoms with van der Waals surface area (Å²) in [5.74, 6) is 0.264. The minimum atomic E-state index is -0.704. The van der Waals surface area contributed by atoms with Gasteiger partial charge in [0.1, 0.15) is 23.5 Å². The Morgan fingerprint density at radius 1 is 1.23 bits per heavy atom. The fourth-order valence-electron chi connectivity index (χ4n) is 4.15. The second-order valence-corrected chi connectivity index (χ2v) is 7.50. The number of aromatic nitrogens is 5. The second-order valence-electron chi connectivity index (χ2n) is 7.50. The Labute approximate surface area is 171 Å². The smallest absolute Gasteiger partial charge is 0.291 e. The van der Waals surface area contributed by atoms with Crippen LogP contribution in [0.3, 0.4) is 0 Å². The molecule has 2 aliphatic rings. The first kappa shape index (κ1) is 18.5. The van der Waals surface area contributed by atoms with E-state index < -0.39 is 11.9 Å². The van der Waals surface area contributed by atoms with Crippen molar-refractivity contribution < 1.29 is 14.0 Å². The molecule has 3 aromatic rings. The summed E-state index contributed by atoms with van der Waals surface area (Å²) in [5, 5.41) is 11.3. The molecule has 0 bridgehead atoms. The summed E-state index contributed by atoms with van der Waals surface area (Å²) in [6.45, 7) is 0.506. The minimum Gasteiger partial charge on any atom is -0.337 e. The van der Waals surface area contributed by atoms with Crippen molar-refractivity contribution in [3.63, 3.8) is 0 Å². The number of nitrogens with zero attached hydrogens (tertiary/aromatic N) is 6. The van der Waals surface area contributed by atoms with Gasteiger partial charge in [-0.05, 0) is 18.9 Å². The lowest BCUT2D eigenvalue weighted by atomic mass is 10.0. The molecule has 4 heterocycles. The molecule has 0 aliphatic carbocycles. The number of rotatable bonds is 3. The summed E-state index contributed by atoms with van der Waals surface area (Å²) >= 11 is 0. The summed E-state index contributed by atoms with van der Waals surface area (Å²) in [5.41, 5.74) is 0.531. The third kappa shape index (κ3) is 2.95. The first-order chi connectivity index (χ1) is 14.5. The number of aryl methyl sites for hydroxylation is 2. The number of benzene rings is 1. The summed E-state index contributed by atoms with van der Waals surface area (Å²) in [4.78, 5) is 31.4. The first-order valence-corrected chi connectivity index (χ1v) is 9.83. The van der Waals surface area contributed by atoms with Crippen LogP contribution in [0.2, 0.25) is 0 Å². The monoisotopic (exact) mass is 409 g/mol. The molecule has 0 radical (unpaired) electrons. The molecule has 0 unspecified atom stereocenters. The molecule has 154 valence electrons. The van der Waals surface area contributed by atoms with Crippen LogP contribution >= 0.6 is 0 Å². The highest BCUT2D eigenvalue weighted by atomic mass is 19.1. The quantitative estimate of drug-likeness (QED) is 0.704. The molecule has 5 rings (SSSR count). The Bertz CT molecular complexity index is 1140. The Morgan fingerprint density at radius 2 is 2.07 bits per heavy atom. The van der Waals surface area contributed by atoms with Gasteiger partial charge in [-0.2, -0.15) is 5.10 Å². The van der Waals surface area contributed by atoms with Gasteiger partial charge in [-0.25, -0.2) is 18.7 Å². The van der Waals surface area contributed by atoms with Crippen LogP contribution in [-0.4, -0.2) is 49.4 Å². The van der Waals surface area contributed by atoms with Crippen molar-refractivity contribution in [1.82, 2.24) is 29.9 Å². The van der Waals surface area contributed by atoms with E-state index in [4.69, 9.17) is 0 Å². The lowest BCUT2D eigenvalue weighted by molar-refractivity contribution is -0.120. The van der Waals surface area contributed by atoms with Gasteiger partial charge in [-0.3, -0.25) is 14.5 Å². The van der Waals surface area contributed by atoms with Crippen LogP contribution in [0, 0.1) is 5.82 Å². The third-order valence-corrected chi connectivity index (χ3v) is 5.71. The first-order valence-electron chi connectivity index (χ1n) is 9.83. The molecule has 2 amide bonds. The molecule has 2 aliphatic heterocycles. The van der Waals surface area contributed by atoms with Crippen molar-refractivity contribution in [3.8, 4) is 0 Å². The van der Waals surface area contributed by atoms with Crippen molar-refractivity contribution in [2.75, 3.05) is 11.9 Å². The molecule has 9 nitrogen and oxygen atoms in total. The molecule has 30 heavy (non-hydrogen) atoms. The highest BCUT2D eigenvalue weighted by molar-refractivity contribution is 6.00. The number of carbonyl (C=O) groups excluding carboxylic acids is 2. The summed E-state index contributed by atoms with van der Waals surface area (Å²) in [7, 11) is 1.66. The van der Waals surface area contributed by atoms with Gasteiger partial charge >= 0.3 is 0 Å². The number of amides is 2. The van der Waals surface area contributed by atoms with Crippen molar-refractivity contribution in [1.29, 1.82) is 0 Å². The van der Waals surface area contributed by atoms with Gasteiger partial charge in [-0.1, -0.05) is 18.2 Å². The van der Waals surface area contributed by atoms with Crippen molar-refractivity contribution in [2.45, 2.75) is 37.9 Å². The van der Waals surface area contributed by atoms with Crippen LogP contribution in [-0.2, 0) is 17.8 Å². The fourth-order valence-corrected chi connectivity index (χ4v) is 4.15. The van der Waals surface area contributed by atoms with Crippen molar-refractivity contribution >= 4 is 17.6 Å². The normalized spacial score (nSPS) is 20.6. The lowest BCUT2D eigenvalue weighted by Crippen LogP contribution is -2.47. The highest BCUT2D eigenvalue weighted by Crippen LogP contribution is 2.31. The van der Waals surface area contributed by atoms with E-state index in [2.05, 4.69) is 20.5 Å². The second kappa shape index (κ2) is 7.05. The average Bonchev–Trinajstić information content (AvgIpc) is 3.44. The van der Waals surface area contributed by atoms with E-state index in [0.29, 0.717) is 43.0 Å². The Balaban J connectivity index is 1.35. The number of fused-ring (bicyclic) bond motifs is 2. The maximum absolute atomic E-state index is 14.2. The molecule has 0 fully saturated rings. The maximum atomic E-state index is 14.2. The molecule has 2 aromatic heterocycles. The average molecular weight is 409 g/mol. The van der Waals surface area contributed by atoms with Crippen LogP contribution in [0.4, 0.5) is 10.2 Å². The van der Waals surface area contributed by atoms with Gasteiger partial charge in [0, 0.05) is 31.6 Å². The van der Waals surface area contributed by atoms with E-state index in [9.17, 15) is 14.0 Å². The van der Waals surface area contributed by atoms with E-state index in [1.54, 1.807) is 46.9 Å². The van der Waals surface area contributed by atoms with Gasteiger partial charge in [0.25, 0.3) is 11.8 Å². The maximum Gasteiger partial charge on any atom is 0.291 e. The zero-order valence-corrected chi connectivity index (χ0v) is 16.3. The van der Waals surface area contributed by atoms with Crippen LogP contribution in [0.15, 0.2) is 36.5 Å². The number of carbonyl (C=O) groups is 2. The molecule has 2 atom stereocenters. The Hall–Kier alpha value is -3.56. The van der Waals surface area contributed by atoms with Gasteiger partial charge < -0.3 is 5.32 Å². The third-order valence-electron chi connectivity index (χ3n) is 5.71. The largest absolute Gasteiger partial charge is 0.337 e. The predicted octanol–water partition coefficient (Wildman–Crippen LogP) is 1.31. The summed E-state index contributed by atoms with van der Waals surface area (Å²) in [6, 6.07) is 7.31. The van der Waals surface area contributed by atoms with Crippen LogP contribution in [0.1, 0.15) is 40.9 Å². The van der Waals surface area contributed by atoms with E-state index in [1.165, 1.54) is 11.0 Å². The lowest BCUT2D eigenvalue weighted by Gasteiger charge is -2.19. The molecule has 1 aromatic carbocycles. The highest BCUT2D eigenvalue weighted by Gasteiger charge is 2.33. The summed E-state index contributed by atoms with van der Waals surface area (Å²) in [6.07, 6.45) is 3.33. The predicted molar refractivity (Wildman–Crippen MR) is 104 cm³/mol. The van der Waals surface area contributed by atoms with Crippen molar-refractivity contribution in [3.05, 3.63) is 59.6 Å². The van der Waals surface area contributed by atoms with Crippen LogP contribution < -0.4 is 10.2 Å². The van der Waals surface area contributed by atoms with E-state index in [-0.39, 0.29) is 23.6 Å². The number of halogens is 1. The van der Waals surface area contributed by atoms with E-state index in [1.807, 2.05) is 0 Å². The number of hydrogen-bond donors (Lipinski definition) is 1. The van der Waals surface area contributed by atoms with Gasteiger partial charge in [0.05, 0.1) is 12.2 Å². The molecule has 10 heteroatoms. The summed E-state index contributed by atoms with van der Waals surface area (Å²) < 4.78 is 17.6. The van der Waals surface area contributed by atoms with Gasteiger partial charge in [-0.15, -0.1) is 5.10 Å². The minimum absolute atomic E-state index is 0.0107. The zero-order valence-electron chi connectivity index (χ0n) is 16.3. The fraction of sp³-hybridized carbons (Fsp3) is 0.350. The van der Waals surface area contributed by atoms with Gasteiger partial charge in [0.2, 0.25) is 5.82 Å². The zero-order chi connectivity index (χ0) is 20.8. The van der Waals surface area contributed by atoms with Crippen LogP contribution in [0.5, 0.6) is 0 Å². The number of hydrogen-bond acceptors (Lipinski definition) is 5. The number of likely N-dealkylation sites (N-methyl/N-ethyl adjacent to an activating group) is 1. The molecule has 1 N–H and O–H groups in total. The van der Waals surface area contributed by atoms with Crippen LogP contribution in [0.25, 0.3) is 0 Å². The van der Waals surface area contributed by atoms with E-state index in [0.717, 1.165) is 0 Å². The van der Waals surface area contributed by atoms with E-state index >= 15 is 0 Å². The number of anilines is 1. The van der Waals surface area contributed by atoms with Gasteiger partial charge in [0.15, 0.2) is 0 Å². The number of nitrogens with one attached hydrogen (secondary N) is 1. The molecular weight excluding hydrogens is 389 g/mol. The topological polar surface area (TPSA) is 97.9 Å². The Kier molecular flexibility index (Phi) is 4.34. The molecule has 0 saturated carbocycles.